The van der Waals surface area contributed by atoms with Gasteiger partial charge in [-0.25, -0.2) is 0 Å². The highest BCUT2D eigenvalue weighted by atomic mass is 35.5. The molecule has 2 aliphatic carbocycles. The molecule has 0 N–H and O–H groups in total. The summed E-state index contributed by atoms with van der Waals surface area (Å²) in [6, 6.07) is 0. The van der Waals surface area contributed by atoms with E-state index in [1.807, 2.05) is 0 Å². The van der Waals surface area contributed by atoms with Gasteiger partial charge in [-0.3, -0.25) is 0 Å². The lowest BCUT2D eigenvalue weighted by molar-refractivity contribution is 0.0959. The van der Waals surface area contributed by atoms with Gasteiger partial charge in [0.25, 0.3) is 0 Å². The largest absolute Gasteiger partial charge is 0.123 e. The zero-order chi connectivity index (χ0) is 13.7. The summed E-state index contributed by atoms with van der Waals surface area (Å²) in [6.45, 7) is 14.7. The molecule has 0 amide bonds. The molecular weight excluding hydrogens is 240 g/mol. The van der Waals surface area contributed by atoms with Crippen molar-refractivity contribution >= 4 is 11.6 Å². The Balaban J connectivity index is 2.16. The van der Waals surface area contributed by atoms with E-state index in [-0.39, 0.29) is 0 Å². The van der Waals surface area contributed by atoms with Crippen LogP contribution >= 0.6 is 11.6 Å². The van der Waals surface area contributed by atoms with E-state index in [0.717, 1.165) is 23.7 Å². The minimum Gasteiger partial charge on any atom is -0.123 e. The highest BCUT2D eigenvalue weighted by molar-refractivity contribution is 6.20. The summed E-state index contributed by atoms with van der Waals surface area (Å²) < 4.78 is 0. The first-order valence-electron chi connectivity index (χ1n) is 7.81. The standard InChI is InChI=1S/C17H31Cl/c1-11(18)9-13-7-8-14-15(10-13)17(5,6)12(2)16(14,3)4/h11-15H,7-10H2,1-6H3. The van der Waals surface area contributed by atoms with Gasteiger partial charge >= 0.3 is 0 Å². The van der Waals surface area contributed by atoms with E-state index in [0.29, 0.717) is 16.2 Å². The van der Waals surface area contributed by atoms with E-state index in [9.17, 15) is 0 Å². The fourth-order valence-electron chi connectivity index (χ4n) is 5.24. The summed E-state index contributed by atoms with van der Waals surface area (Å²) in [7, 11) is 0. The Labute approximate surface area is 119 Å². The summed E-state index contributed by atoms with van der Waals surface area (Å²) in [5.41, 5.74) is 1.02. The fourth-order valence-corrected chi connectivity index (χ4v) is 5.50. The van der Waals surface area contributed by atoms with Crippen LogP contribution in [-0.2, 0) is 0 Å². The molecule has 0 radical (unpaired) electrons. The normalized spacial score (nSPS) is 43.5. The van der Waals surface area contributed by atoms with Crippen molar-refractivity contribution in [2.24, 2.45) is 34.5 Å². The van der Waals surface area contributed by atoms with Gasteiger partial charge in [-0.05, 0) is 60.7 Å². The summed E-state index contributed by atoms with van der Waals surface area (Å²) in [5, 5.41) is 0.349. The van der Waals surface area contributed by atoms with Crippen molar-refractivity contribution in [2.45, 2.75) is 72.6 Å². The molecule has 1 heteroatoms. The van der Waals surface area contributed by atoms with Crippen LogP contribution in [0.4, 0.5) is 0 Å². The minimum atomic E-state index is 0.349. The van der Waals surface area contributed by atoms with Gasteiger partial charge in [-0.15, -0.1) is 11.6 Å². The van der Waals surface area contributed by atoms with Crippen LogP contribution < -0.4 is 0 Å². The zero-order valence-electron chi connectivity index (χ0n) is 13.1. The van der Waals surface area contributed by atoms with Gasteiger partial charge in [0.1, 0.15) is 0 Å². The number of hydrogen-bond donors (Lipinski definition) is 0. The first-order valence-corrected chi connectivity index (χ1v) is 8.25. The maximum Gasteiger partial charge on any atom is 0.0310 e. The molecule has 0 heterocycles. The van der Waals surface area contributed by atoms with Crippen molar-refractivity contribution in [1.82, 2.24) is 0 Å². The molecule has 0 nitrogen and oxygen atoms in total. The summed E-state index contributed by atoms with van der Waals surface area (Å²) >= 11 is 6.21. The molecule has 106 valence electrons. The third kappa shape index (κ3) is 2.23. The number of rotatable bonds is 2. The van der Waals surface area contributed by atoms with Crippen LogP contribution in [0.25, 0.3) is 0 Å². The Morgan fingerprint density at radius 1 is 1.06 bits per heavy atom. The molecule has 0 bridgehead atoms. The lowest BCUT2D eigenvalue weighted by Crippen LogP contribution is -2.32. The molecule has 2 rings (SSSR count). The molecule has 0 aromatic rings. The molecule has 0 aliphatic heterocycles. The quantitative estimate of drug-likeness (QED) is 0.562. The first kappa shape index (κ1) is 14.7. The van der Waals surface area contributed by atoms with Crippen molar-refractivity contribution in [3.05, 3.63) is 0 Å². The Morgan fingerprint density at radius 2 is 1.61 bits per heavy atom. The smallest absolute Gasteiger partial charge is 0.0310 e. The Morgan fingerprint density at radius 3 is 2.17 bits per heavy atom. The van der Waals surface area contributed by atoms with Crippen LogP contribution in [0.2, 0.25) is 0 Å². The Hall–Kier alpha value is 0.290. The van der Waals surface area contributed by atoms with Crippen molar-refractivity contribution in [3.63, 3.8) is 0 Å². The van der Waals surface area contributed by atoms with Gasteiger partial charge in [0.05, 0.1) is 0 Å². The van der Waals surface area contributed by atoms with Crippen LogP contribution in [0.3, 0.4) is 0 Å². The fraction of sp³-hybridized carbons (Fsp3) is 1.00. The lowest BCUT2D eigenvalue weighted by Gasteiger charge is -2.40. The second-order valence-electron chi connectivity index (χ2n) is 8.27. The molecule has 0 saturated heterocycles. The van der Waals surface area contributed by atoms with Gasteiger partial charge in [-0.1, -0.05) is 41.0 Å². The third-order valence-corrected chi connectivity index (χ3v) is 6.94. The second-order valence-corrected chi connectivity index (χ2v) is 9.02. The molecule has 2 aliphatic rings. The van der Waals surface area contributed by atoms with Crippen LogP contribution in [-0.4, -0.2) is 5.38 Å². The van der Waals surface area contributed by atoms with E-state index >= 15 is 0 Å². The molecule has 5 atom stereocenters. The van der Waals surface area contributed by atoms with Gasteiger partial charge in [-0.2, -0.15) is 0 Å². The van der Waals surface area contributed by atoms with Gasteiger partial charge in [0, 0.05) is 5.38 Å². The molecule has 0 spiro atoms. The van der Waals surface area contributed by atoms with Gasteiger partial charge in [0.15, 0.2) is 0 Å². The lowest BCUT2D eigenvalue weighted by atomic mass is 9.65. The van der Waals surface area contributed by atoms with Crippen LogP contribution in [0.1, 0.15) is 67.2 Å². The first-order chi connectivity index (χ1) is 8.17. The van der Waals surface area contributed by atoms with E-state index in [1.165, 1.54) is 25.7 Å². The van der Waals surface area contributed by atoms with E-state index in [4.69, 9.17) is 11.6 Å². The van der Waals surface area contributed by atoms with Crippen LogP contribution in [0.15, 0.2) is 0 Å². The maximum atomic E-state index is 6.21. The minimum absolute atomic E-state index is 0.349. The van der Waals surface area contributed by atoms with E-state index < -0.39 is 0 Å². The van der Waals surface area contributed by atoms with E-state index in [2.05, 4.69) is 41.5 Å². The van der Waals surface area contributed by atoms with Crippen LogP contribution in [0.5, 0.6) is 0 Å². The summed E-state index contributed by atoms with van der Waals surface area (Å²) in [4.78, 5) is 0. The highest BCUT2D eigenvalue weighted by Gasteiger charge is 2.58. The Kier molecular flexibility index (Phi) is 3.83. The van der Waals surface area contributed by atoms with Crippen molar-refractivity contribution in [2.75, 3.05) is 0 Å². The SMILES string of the molecule is CC(Cl)CC1CCC2C(C1)C(C)(C)C(C)C2(C)C. The Bertz CT molecular complexity index is 303. The van der Waals surface area contributed by atoms with Gasteiger partial charge in [0.2, 0.25) is 0 Å². The van der Waals surface area contributed by atoms with Crippen molar-refractivity contribution in [1.29, 1.82) is 0 Å². The predicted octanol–water partition coefficient (Wildman–Crippen LogP) is 5.74. The van der Waals surface area contributed by atoms with E-state index in [1.54, 1.807) is 0 Å². The number of halogens is 1. The van der Waals surface area contributed by atoms with Crippen molar-refractivity contribution < 1.29 is 0 Å². The number of fused-ring (bicyclic) bond motifs is 1. The zero-order valence-corrected chi connectivity index (χ0v) is 13.8. The molecule has 0 aromatic carbocycles. The van der Waals surface area contributed by atoms with Gasteiger partial charge < -0.3 is 0 Å². The number of hydrogen-bond acceptors (Lipinski definition) is 0. The third-order valence-electron chi connectivity index (χ3n) is 6.76. The molecule has 18 heavy (non-hydrogen) atoms. The predicted molar refractivity (Wildman–Crippen MR) is 81.0 cm³/mol. The summed E-state index contributed by atoms with van der Waals surface area (Å²) in [6.07, 6.45) is 5.47. The average Bonchev–Trinajstić information content (AvgIpc) is 2.38. The maximum absolute atomic E-state index is 6.21. The van der Waals surface area contributed by atoms with Crippen molar-refractivity contribution in [3.8, 4) is 0 Å². The van der Waals surface area contributed by atoms with Crippen LogP contribution in [0, 0.1) is 34.5 Å². The molecule has 2 saturated carbocycles. The average molecular weight is 271 g/mol. The number of alkyl halides is 1. The topological polar surface area (TPSA) is 0 Å². The molecule has 2 fully saturated rings. The summed E-state index contributed by atoms with van der Waals surface area (Å²) in [5.74, 6) is 3.55. The second kappa shape index (κ2) is 4.69. The molecular formula is C17H31Cl. The highest BCUT2D eigenvalue weighted by Crippen LogP contribution is 2.65. The molecule has 5 unspecified atom stereocenters. The molecule has 0 aromatic heterocycles. The monoisotopic (exact) mass is 270 g/mol.